The third-order valence-corrected chi connectivity index (χ3v) is 3.56. The fourth-order valence-corrected chi connectivity index (χ4v) is 2.79. The number of likely N-dealkylation sites (N-methyl/N-ethyl adjacent to an activating group) is 1. The largest absolute Gasteiger partial charge is 0.376 e. The van der Waals surface area contributed by atoms with E-state index in [1.54, 1.807) is 6.07 Å². The molecule has 0 fully saturated rings. The molecule has 20 heavy (non-hydrogen) atoms. The lowest BCUT2D eigenvalue weighted by atomic mass is 9.89. The van der Waals surface area contributed by atoms with Gasteiger partial charge in [0.25, 0.3) is 0 Å². The van der Waals surface area contributed by atoms with Gasteiger partial charge in [-0.3, -0.25) is 0 Å². The number of benzene rings is 1. The lowest BCUT2D eigenvalue weighted by molar-refractivity contribution is 0.00221. The molecule has 1 rings (SSSR count). The molecular weight excluding hydrogens is 253 g/mol. The third-order valence-electron chi connectivity index (χ3n) is 3.56. The van der Waals surface area contributed by atoms with Crippen molar-refractivity contribution in [1.82, 2.24) is 5.32 Å². The molecule has 0 spiro atoms. The Hall–Kier alpha value is -0.930. The summed E-state index contributed by atoms with van der Waals surface area (Å²) in [7, 11) is 0. The Morgan fingerprint density at radius 1 is 1.20 bits per heavy atom. The summed E-state index contributed by atoms with van der Waals surface area (Å²) < 4.78 is 20.3. The molecule has 1 aromatic carbocycles. The number of hydrogen-bond acceptors (Lipinski definition) is 2. The molecule has 0 amide bonds. The van der Waals surface area contributed by atoms with Gasteiger partial charge in [-0.15, -0.1) is 0 Å². The van der Waals surface area contributed by atoms with Gasteiger partial charge in [0.15, 0.2) is 0 Å². The third kappa shape index (κ3) is 4.03. The van der Waals surface area contributed by atoms with Crippen LogP contribution in [0.5, 0.6) is 0 Å². The normalized spacial score (nSPS) is 14.6. The molecule has 1 N–H and O–H groups in total. The quantitative estimate of drug-likeness (QED) is 0.810. The minimum absolute atomic E-state index is 0.0316. The van der Waals surface area contributed by atoms with Gasteiger partial charge in [0.1, 0.15) is 5.82 Å². The van der Waals surface area contributed by atoms with E-state index in [0.29, 0.717) is 12.5 Å². The first-order chi connectivity index (χ1) is 9.42. The van der Waals surface area contributed by atoms with Crippen LogP contribution >= 0.6 is 0 Å². The van der Waals surface area contributed by atoms with Crippen molar-refractivity contribution >= 4 is 0 Å². The highest BCUT2D eigenvalue weighted by atomic mass is 19.1. The summed E-state index contributed by atoms with van der Waals surface area (Å²) in [6.07, 6.45) is -0.0316. The highest BCUT2D eigenvalue weighted by Crippen LogP contribution is 2.30. The zero-order valence-corrected chi connectivity index (χ0v) is 13.6. The zero-order chi connectivity index (χ0) is 15.3. The van der Waals surface area contributed by atoms with Gasteiger partial charge < -0.3 is 10.1 Å². The van der Waals surface area contributed by atoms with Crippen LogP contribution in [0.1, 0.15) is 50.4 Å². The van der Waals surface area contributed by atoms with Crippen LogP contribution in [0.15, 0.2) is 12.1 Å². The van der Waals surface area contributed by atoms with Gasteiger partial charge in [0.2, 0.25) is 0 Å². The van der Waals surface area contributed by atoms with E-state index < -0.39 is 0 Å². The second-order valence-electron chi connectivity index (χ2n) is 5.68. The van der Waals surface area contributed by atoms with Gasteiger partial charge >= 0.3 is 0 Å². The van der Waals surface area contributed by atoms with E-state index >= 15 is 0 Å². The predicted octanol–water partition coefficient (Wildman–Crippen LogP) is 4.15. The lowest BCUT2D eigenvalue weighted by Gasteiger charge is -2.32. The maximum absolute atomic E-state index is 14.5. The first-order valence-electron chi connectivity index (χ1n) is 7.53. The number of rotatable bonds is 7. The predicted molar refractivity (Wildman–Crippen MR) is 82.5 cm³/mol. The maximum atomic E-state index is 14.5. The number of ether oxygens (including phenoxy) is 1. The summed E-state index contributed by atoms with van der Waals surface area (Å²) in [5, 5.41) is 3.40. The molecule has 2 nitrogen and oxygen atoms in total. The van der Waals surface area contributed by atoms with Gasteiger partial charge in [-0.25, -0.2) is 4.39 Å². The topological polar surface area (TPSA) is 21.3 Å². The van der Waals surface area contributed by atoms with Crippen LogP contribution < -0.4 is 5.32 Å². The van der Waals surface area contributed by atoms with E-state index in [2.05, 4.69) is 19.2 Å². The molecule has 0 aliphatic rings. The number of nitrogens with one attached hydrogen (secondary N) is 1. The number of aryl methyl sites for hydroxylation is 2. The van der Waals surface area contributed by atoms with Crippen molar-refractivity contribution in [2.24, 2.45) is 5.92 Å². The lowest BCUT2D eigenvalue weighted by Crippen LogP contribution is -2.38. The highest BCUT2D eigenvalue weighted by Gasteiger charge is 2.29. The van der Waals surface area contributed by atoms with Crippen molar-refractivity contribution in [3.8, 4) is 0 Å². The van der Waals surface area contributed by atoms with Crippen molar-refractivity contribution in [2.75, 3.05) is 13.2 Å². The van der Waals surface area contributed by atoms with Crippen molar-refractivity contribution in [1.29, 1.82) is 0 Å². The Balaban J connectivity index is 3.25. The Labute approximate surface area is 122 Å². The molecule has 2 atom stereocenters. The summed E-state index contributed by atoms with van der Waals surface area (Å²) >= 11 is 0. The number of halogens is 1. The second-order valence-corrected chi connectivity index (χ2v) is 5.68. The molecule has 114 valence electrons. The Kier molecular flexibility index (Phi) is 6.63. The van der Waals surface area contributed by atoms with Gasteiger partial charge in [-0.05, 0) is 50.4 Å². The van der Waals surface area contributed by atoms with Crippen LogP contribution in [0, 0.1) is 25.6 Å². The summed E-state index contributed by atoms with van der Waals surface area (Å²) in [5.74, 6) is 0.179. The van der Waals surface area contributed by atoms with Crippen LogP contribution in [-0.4, -0.2) is 19.3 Å². The molecule has 2 unspecified atom stereocenters. The Bertz CT molecular complexity index is 408. The fourth-order valence-electron chi connectivity index (χ4n) is 2.79. The van der Waals surface area contributed by atoms with Gasteiger partial charge in [-0.2, -0.15) is 0 Å². The molecule has 0 saturated heterocycles. The van der Waals surface area contributed by atoms with Gasteiger partial charge in [0.05, 0.1) is 12.1 Å². The van der Waals surface area contributed by atoms with Crippen LogP contribution in [-0.2, 0) is 4.74 Å². The minimum Gasteiger partial charge on any atom is -0.376 e. The first kappa shape index (κ1) is 17.1. The van der Waals surface area contributed by atoms with E-state index in [1.807, 2.05) is 33.8 Å². The molecule has 0 radical (unpaired) electrons. The van der Waals surface area contributed by atoms with Gasteiger partial charge in [-0.1, -0.05) is 26.8 Å². The smallest absolute Gasteiger partial charge is 0.128 e. The summed E-state index contributed by atoms with van der Waals surface area (Å²) in [6.45, 7) is 13.6. The molecule has 0 aromatic heterocycles. The van der Waals surface area contributed by atoms with Crippen LogP contribution in [0.2, 0.25) is 0 Å². The summed E-state index contributed by atoms with van der Waals surface area (Å²) in [6, 6.07) is 3.53. The van der Waals surface area contributed by atoms with Crippen LogP contribution in [0.3, 0.4) is 0 Å². The van der Waals surface area contributed by atoms with E-state index in [4.69, 9.17) is 4.74 Å². The number of hydrogen-bond donors (Lipinski definition) is 1. The zero-order valence-electron chi connectivity index (χ0n) is 13.6. The Morgan fingerprint density at radius 2 is 1.85 bits per heavy atom. The van der Waals surface area contributed by atoms with Crippen molar-refractivity contribution in [3.05, 3.63) is 34.6 Å². The minimum atomic E-state index is -0.140. The molecule has 0 heterocycles. The van der Waals surface area contributed by atoms with Crippen LogP contribution in [0.25, 0.3) is 0 Å². The highest BCUT2D eigenvalue weighted by molar-refractivity contribution is 5.35. The molecule has 0 saturated carbocycles. The molecule has 0 aliphatic carbocycles. The molecule has 3 heteroatoms. The molecular formula is C17H28FNO. The molecule has 0 bridgehead atoms. The maximum Gasteiger partial charge on any atom is 0.128 e. The Morgan fingerprint density at radius 3 is 2.30 bits per heavy atom. The average molecular weight is 281 g/mol. The van der Waals surface area contributed by atoms with Crippen LogP contribution in [0.4, 0.5) is 4.39 Å². The van der Waals surface area contributed by atoms with Gasteiger partial charge in [0, 0.05) is 12.2 Å². The SMILES string of the molecule is CCNC(c1c(C)cc(C)cc1F)C(OCC)C(C)C. The van der Waals surface area contributed by atoms with E-state index in [1.165, 1.54) is 0 Å². The van der Waals surface area contributed by atoms with E-state index in [-0.39, 0.29) is 18.0 Å². The monoisotopic (exact) mass is 281 g/mol. The van der Waals surface area contributed by atoms with E-state index in [0.717, 1.165) is 23.2 Å². The van der Waals surface area contributed by atoms with E-state index in [9.17, 15) is 4.39 Å². The standard InChI is InChI=1S/C17H28FNO/c1-7-19-16(17(11(3)4)20-8-2)15-13(6)9-12(5)10-14(15)18/h9-11,16-17,19H,7-8H2,1-6H3. The fraction of sp³-hybridized carbons (Fsp3) is 0.647. The van der Waals surface area contributed by atoms with Crippen molar-refractivity contribution < 1.29 is 9.13 Å². The second kappa shape index (κ2) is 7.75. The summed E-state index contributed by atoms with van der Waals surface area (Å²) in [5.41, 5.74) is 2.68. The van der Waals surface area contributed by atoms with Crippen molar-refractivity contribution in [2.45, 2.75) is 53.7 Å². The van der Waals surface area contributed by atoms with Crippen molar-refractivity contribution in [3.63, 3.8) is 0 Å². The average Bonchev–Trinajstić information content (AvgIpc) is 2.33. The molecule has 1 aromatic rings. The molecule has 0 aliphatic heterocycles. The summed E-state index contributed by atoms with van der Waals surface area (Å²) in [4.78, 5) is 0. The first-order valence-corrected chi connectivity index (χ1v) is 7.53.